The van der Waals surface area contributed by atoms with E-state index in [4.69, 9.17) is 37.0 Å². The molecule has 0 bridgehead atoms. The Morgan fingerprint density at radius 1 is 0.326 bits per heavy atom. The SMILES string of the molecule is CCCCCC/C=C\C=C/CCCCCCCC(=O)O[C@H](COC(=O)CCCCCCCCC)COP(=O)(O)OC[C@H](O)COP(=O)(O)OC[C@@H](COC(=O)CCCCCCCCCCCCCCCC(C)C)OC(=O)CCCCCCCCCCCCCCCCCCC. The predicted octanol–water partition coefficient (Wildman–Crippen LogP) is 22.0. The summed E-state index contributed by atoms with van der Waals surface area (Å²) in [5, 5.41) is 10.6. The summed E-state index contributed by atoms with van der Waals surface area (Å²) in [6, 6.07) is 0. The van der Waals surface area contributed by atoms with Crippen LogP contribution in [0.2, 0.25) is 0 Å². The van der Waals surface area contributed by atoms with Gasteiger partial charge in [-0.1, -0.05) is 322 Å². The standard InChI is InChI=1S/C76H144O17P2/c1-6-9-12-15-18-20-22-24-26-27-29-33-38-42-47-52-57-62-76(81)93-72(66-87-74(79)60-55-50-45-40-36-34-30-31-35-39-44-48-53-58-69(4)5)68-91-95(84,85)89-64-70(77)63-88-94(82,83)90-67-71(65-86-73(78)59-54-49-43-17-14-11-8-3)92-75(80)61-56-51-46-41-37-32-28-25-23-21-19-16-13-10-7-2/h21,23,25,28,69-72,77H,6-20,22,24,26-27,29-68H2,1-5H3,(H,82,83)(H,84,85)/b23-21-,28-25-/t70-,71+,72+/m0/s1. The normalized spacial score (nSPS) is 14.1. The number of hydrogen-bond acceptors (Lipinski definition) is 15. The summed E-state index contributed by atoms with van der Waals surface area (Å²) in [6.45, 7) is 7.20. The lowest BCUT2D eigenvalue weighted by molar-refractivity contribution is -0.161. The van der Waals surface area contributed by atoms with Crippen molar-refractivity contribution in [3.63, 3.8) is 0 Å². The summed E-state index contributed by atoms with van der Waals surface area (Å²) in [5.74, 6) is -1.36. The molecule has 2 unspecified atom stereocenters. The first-order valence-corrected chi connectivity index (χ1v) is 41.9. The van der Waals surface area contributed by atoms with Crippen LogP contribution >= 0.6 is 15.6 Å². The van der Waals surface area contributed by atoms with Gasteiger partial charge in [0.05, 0.1) is 26.4 Å². The summed E-state index contributed by atoms with van der Waals surface area (Å²) in [5.41, 5.74) is 0. The molecule has 0 fully saturated rings. The van der Waals surface area contributed by atoms with Crippen molar-refractivity contribution in [3.8, 4) is 0 Å². The van der Waals surface area contributed by atoms with E-state index in [9.17, 15) is 43.2 Å². The first kappa shape index (κ1) is 92.5. The van der Waals surface area contributed by atoms with Gasteiger partial charge in [-0.3, -0.25) is 37.3 Å². The van der Waals surface area contributed by atoms with Gasteiger partial charge in [0.25, 0.3) is 0 Å². The molecule has 0 aromatic carbocycles. The average molecular weight is 1390 g/mol. The highest BCUT2D eigenvalue weighted by atomic mass is 31.2. The Morgan fingerprint density at radius 2 is 0.568 bits per heavy atom. The Labute approximate surface area is 580 Å². The van der Waals surface area contributed by atoms with Crippen LogP contribution in [0.4, 0.5) is 0 Å². The number of phosphoric ester groups is 2. The van der Waals surface area contributed by atoms with E-state index in [1.807, 2.05) is 0 Å². The molecule has 0 aromatic heterocycles. The zero-order valence-electron chi connectivity index (χ0n) is 61.3. The highest BCUT2D eigenvalue weighted by molar-refractivity contribution is 7.47. The van der Waals surface area contributed by atoms with Crippen LogP contribution in [0.15, 0.2) is 24.3 Å². The van der Waals surface area contributed by atoms with Crippen molar-refractivity contribution in [2.24, 2.45) is 5.92 Å². The molecule has 0 saturated carbocycles. The van der Waals surface area contributed by atoms with Crippen molar-refractivity contribution in [2.75, 3.05) is 39.6 Å². The van der Waals surface area contributed by atoms with Crippen molar-refractivity contribution in [1.29, 1.82) is 0 Å². The quantitative estimate of drug-likeness (QED) is 0.0169. The minimum atomic E-state index is -4.96. The largest absolute Gasteiger partial charge is 0.472 e. The van der Waals surface area contributed by atoms with Crippen LogP contribution in [0.5, 0.6) is 0 Å². The van der Waals surface area contributed by atoms with Gasteiger partial charge >= 0.3 is 39.5 Å². The van der Waals surface area contributed by atoms with Crippen LogP contribution in [0, 0.1) is 5.92 Å². The molecule has 560 valence electrons. The zero-order chi connectivity index (χ0) is 69.8. The predicted molar refractivity (Wildman–Crippen MR) is 386 cm³/mol. The lowest BCUT2D eigenvalue weighted by Gasteiger charge is -2.21. The highest BCUT2D eigenvalue weighted by Gasteiger charge is 2.30. The minimum Gasteiger partial charge on any atom is -0.462 e. The van der Waals surface area contributed by atoms with Crippen LogP contribution in [0.3, 0.4) is 0 Å². The fourth-order valence-corrected chi connectivity index (χ4v) is 12.7. The van der Waals surface area contributed by atoms with E-state index in [1.54, 1.807) is 0 Å². The number of rotatable bonds is 74. The molecule has 5 atom stereocenters. The Kier molecular flexibility index (Phi) is 66.9. The summed E-state index contributed by atoms with van der Waals surface area (Å²) >= 11 is 0. The van der Waals surface area contributed by atoms with Crippen LogP contribution < -0.4 is 0 Å². The van der Waals surface area contributed by atoms with Crippen LogP contribution in [-0.2, 0) is 65.4 Å². The zero-order valence-corrected chi connectivity index (χ0v) is 63.1. The second-order valence-corrected chi connectivity index (χ2v) is 30.1. The molecule has 0 radical (unpaired) electrons. The van der Waals surface area contributed by atoms with E-state index in [1.165, 1.54) is 173 Å². The molecule has 0 saturated heterocycles. The smallest absolute Gasteiger partial charge is 0.462 e. The van der Waals surface area contributed by atoms with Gasteiger partial charge in [-0.25, -0.2) is 9.13 Å². The van der Waals surface area contributed by atoms with Gasteiger partial charge in [0.2, 0.25) is 0 Å². The van der Waals surface area contributed by atoms with E-state index in [-0.39, 0.29) is 25.7 Å². The van der Waals surface area contributed by atoms with Crippen LogP contribution in [0.1, 0.15) is 375 Å². The monoisotopic (exact) mass is 1390 g/mol. The maximum absolute atomic E-state index is 13.1. The maximum Gasteiger partial charge on any atom is 0.472 e. The van der Waals surface area contributed by atoms with Crippen molar-refractivity contribution >= 4 is 39.5 Å². The number of hydrogen-bond donors (Lipinski definition) is 3. The summed E-state index contributed by atoms with van der Waals surface area (Å²) in [6.07, 6.45) is 60.5. The molecule has 0 spiro atoms. The molecule has 19 heteroatoms. The Bertz CT molecular complexity index is 1920. The number of unbranched alkanes of at least 4 members (excludes halogenated alkanes) is 43. The number of allylic oxidation sites excluding steroid dienone is 4. The molecule has 0 aliphatic rings. The van der Waals surface area contributed by atoms with Gasteiger partial charge in [0, 0.05) is 25.7 Å². The Balaban J connectivity index is 5.23. The molecule has 0 aromatic rings. The average Bonchev–Trinajstić information content (AvgIpc) is 1.81. The van der Waals surface area contributed by atoms with Crippen molar-refractivity contribution in [2.45, 2.75) is 393 Å². The second kappa shape index (κ2) is 68.7. The number of phosphoric acid groups is 2. The summed E-state index contributed by atoms with van der Waals surface area (Å²) in [7, 11) is -9.92. The molecule has 0 aliphatic heterocycles. The third-order valence-corrected chi connectivity index (χ3v) is 19.1. The van der Waals surface area contributed by atoms with Gasteiger partial charge in [-0.15, -0.1) is 0 Å². The second-order valence-electron chi connectivity index (χ2n) is 27.2. The molecule has 3 N–H and O–H groups in total. The summed E-state index contributed by atoms with van der Waals surface area (Å²) < 4.78 is 68.4. The topological polar surface area (TPSA) is 237 Å². The minimum absolute atomic E-state index is 0.0849. The van der Waals surface area contributed by atoms with Crippen LogP contribution in [-0.4, -0.2) is 96.7 Å². The molecule has 0 rings (SSSR count). The van der Waals surface area contributed by atoms with Gasteiger partial charge in [-0.05, 0) is 57.3 Å². The third-order valence-electron chi connectivity index (χ3n) is 17.2. The lowest BCUT2D eigenvalue weighted by atomic mass is 10.0. The van der Waals surface area contributed by atoms with E-state index in [2.05, 4.69) is 58.9 Å². The van der Waals surface area contributed by atoms with Crippen molar-refractivity contribution in [1.82, 2.24) is 0 Å². The first-order valence-electron chi connectivity index (χ1n) is 39.0. The number of esters is 4. The molecule has 95 heavy (non-hydrogen) atoms. The van der Waals surface area contributed by atoms with E-state index in [0.717, 1.165) is 121 Å². The Hall–Kier alpha value is -2.46. The van der Waals surface area contributed by atoms with Gasteiger partial charge in [0.1, 0.15) is 19.3 Å². The van der Waals surface area contributed by atoms with E-state index >= 15 is 0 Å². The van der Waals surface area contributed by atoms with E-state index in [0.29, 0.717) is 25.7 Å². The molecular weight excluding hydrogens is 1250 g/mol. The van der Waals surface area contributed by atoms with E-state index < -0.39 is 97.5 Å². The Morgan fingerprint density at radius 3 is 0.863 bits per heavy atom. The number of aliphatic hydroxyl groups is 1. The maximum atomic E-state index is 13.1. The number of carbonyl (C=O) groups excluding carboxylic acids is 4. The third kappa shape index (κ3) is 69.8. The molecule has 0 aliphatic carbocycles. The number of ether oxygens (including phenoxy) is 4. The van der Waals surface area contributed by atoms with Gasteiger partial charge < -0.3 is 33.8 Å². The fourth-order valence-electron chi connectivity index (χ4n) is 11.2. The molecular formula is C76H144O17P2. The number of aliphatic hydroxyl groups excluding tert-OH is 1. The first-order chi connectivity index (χ1) is 46.0. The number of carbonyl (C=O) groups is 4. The van der Waals surface area contributed by atoms with Gasteiger partial charge in [0.15, 0.2) is 12.2 Å². The van der Waals surface area contributed by atoms with Crippen molar-refractivity contribution < 1.29 is 80.2 Å². The fraction of sp³-hybridized carbons (Fsp3) is 0.895. The van der Waals surface area contributed by atoms with Gasteiger partial charge in [-0.2, -0.15) is 0 Å². The van der Waals surface area contributed by atoms with Crippen molar-refractivity contribution in [3.05, 3.63) is 24.3 Å². The molecule has 17 nitrogen and oxygen atoms in total. The highest BCUT2D eigenvalue weighted by Crippen LogP contribution is 2.45. The lowest BCUT2D eigenvalue weighted by Crippen LogP contribution is -2.30. The van der Waals surface area contributed by atoms with Crippen LogP contribution in [0.25, 0.3) is 0 Å². The summed E-state index contributed by atoms with van der Waals surface area (Å²) in [4.78, 5) is 72.7. The molecule has 0 heterocycles. The molecule has 0 amide bonds.